The van der Waals surface area contributed by atoms with Gasteiger partial charge in [0.15, 0.2) is 5.82 Å². The van der Waals surface area contributed by atoms with Gasteiger partial charge in [0, 0.05) is 18.3 Å². The predicted octanol–water partition coefficient (Wildman–Crippen LogP) is 4.02. The SMILES string of the molecule is CN(c1ccc2ccccc2c1)c1cnc(-c2ccc(C[C@H](N)C(=O)O)cc2)cn1. The zero-order valence-corrected chi connectivity index (χ0v) is 16.6. The number of anilines is 2. The van der Waals surface area contributed by atoms with E-state index in [9.17, 15) is 4.79 Å². The molecule has 6 nitrogen and oxygen atoms in total. The number of aliphatic carboxylic acids is 1. The molecule has 0 saturated heterocycles. The van der Waals surface area contributed by atoms with Gasteiger partial charge in [0.1, 0.15) is 6.04 Å². The van der Waals surface area contributed by atoms with Crippen LogP contribution in [-0.2, 0) is 11.2 Å². The van der Waals surface area contributed by atoms with Gasteiger partial charge in [0.05, 0.1) is 18.1 Å². The van der Waals surface area contributed by atoms with Crippen LogP contribution in [0.5, 0.6) is 0 Å². The van der Waals surface area contributed by atoms with Crippen molar-refractivity contribution in [2.75, 3.05) is 11.9 Å². The van der Waals surface area contributed by atoms with E-state index < -0.39 is 12.0 Å². The van der Waals surface area contributed by atoms with E-state index in [4.69, 9.17) is 10.8 Å². The molecule has 1 aromatic heterocycles. The number of benzene rings is 3. The van der Waals surface area contributed by atoms with Crippen LogP contribution >= 0.6 is 0 Å². The zero-order valence-electron chi connectivity index (χ0n) is 16.6. The molecule has 0 amide bonds. The predicted molar refractivity (Wildman–Crippen MR) is 119 cm³/mol. The molecule has 0 unspecified atom stereocenters. The van der Waals surface area contributed by atoms with Crippen molar-refractivity contribution in [1.29, 1.82) is 0 Å². The normalized spacial score (nSPS) is 11.9. The topological polar surface area (TPSA) is 92.3 Å². The van der Waals surface area contributed by atoms with Gasteiger partial charge in [0.2, 0.25) is 0 Å². The van der Waals surface area contributed by atoms with Crippen LogP contribution in [0.4, 0.5) is 11.5 Å². The molecule has 0 saturated carbocycles. The highest BCUT2D eigenvalue weighted by Gasteiger charge is 2.12. The molecule has 4 aromatic rings. The third-order valence-corrected chi connectivity index (χ3v) is 5.12. The molecule has 0 spiro atoms. The Morgan fingerprint density at radius 2 is 1.73 bits per heavy atom. The van der Waals surface area contributed by atoms with Crippen LogP contribution in [0.25, 0.3) is 22.0 Å². The maximum absolute atomic E-state index is 10.9. The van der Waals surface area contributed by atoms with Crippen molar-refractivity contribution in [3.8, 4) is 11.3 Å². The number of aromatic nitrogens is 2. The number of hydrogen-bond donors (Lipinski definition) is 2. The number of carboxylic acid groups (broad SMARTS) is 1. The third kappa shape index (κ3) is 4.14. The molecule has 3 aromatic carbocycles. The van der Waals surface area contributed by atoms with Crippen molar-refractivity contribution >= 4 is 28.2 Å². The van der Waals surface area contributed by atoms with Crippen molar-refractivity contribution in [2.24, 2.45) is 5.73 Å². The van der Waals surface area contributed by atoms with Crippen LogP contribution in [-0.4, -0.2) is 34.1 Å². The minimum absolute atomic E-state index is 0.288. The summed E-state index contributed by atoms with van der Waals surface area (Å²) in [7, 11) is 1.97. The fourth-order valence-corrected chi connectivity index (χ4v) is 3.31. The summed E-state index contributed by atoms with van der Waals surface area (Å²) in [6.45, 7) is 0. The Labute approximate surface area is 174 Å². The van der Waals surface area contributed by atoms with Crippen LogP contribution < -0.4 is 10.6 Å². The molecule has 1 atom stereocenters. The summed E-state index contributed by atoms with van der Waals surface area (Å²) in [4.78, 5) is 22.0. The molecule has 6 heteroatoms. The van der Waals surface area contributed by atoms with Gasteiger partial charge in [0.25, 0.3) is 0 Å². The van der Waals surface area contributed by atoms with Crippen LogP contribution in [0.15, 0.2) is 79.1 Å². The number of rotatable bonds is 6. The van der Waals surface area contributed by atoms with Crippen LogP contribution in [0, 0.1) is 0 Å². The first kappa shape index (κ1) is 19.5. The van der Waals surface area contributed by atoms with Crippen molar-refractivity contribution in [3.63, 3.8) is 0 Å². The molecule has 3 N–H and O–H groups in total. The Kier molecular flexibility index (Phi) is 5.41. The van der Waals surface area contributed by atoms with Gasteiger partial charge in [-0.3, -0.25) is 9.78 Å². The molecular formula is C24H22N4O2. The molecule has 30 heavy (non-hydrogen) atoms. The van der Waals surface area contributed by atoms with E-state index in [1.807, 2.05) is 48.3 Å². The largest absolute Gasteiger partial charge is 0.480 e. The molecule has 150 valence electrons. The molecule has 0 aliphatic heterocycles. The van der Waals surface area contributed by atoms with Gasteiger partial charge in [-0.05, 0) is 34.9 Å². The van der Waals surface area contributed by atoms with Gasteiger partial charge >= 0.3 is 5.97 Å². The highest BCUT2D eigenvalue weighted by molar-refractivity contribution is 5.86. The Morgan fingerprint density at radius 1 is 1.00 bits per heavy atom. The summed E-state index contributed by atoms with van der Waals surface area (Å²) in [5.74, 6) is -0.255. The number of carbonyl (C=O) groups is 1. The molecule has 0 radical (unpaired) electrons. The van der Waals surface area contributed by atoms with Crippen molar-refractivity contribution < 1.29 is 9.90 Å². The molecular weight excluding hydrogens is 376 g/mol. The second-order valence-electron chi connectivity index (χ2n) is 7.20. The fourth-order valence-electron chi connectivity index (χ4n) is 3.31. The van der Waals surface area contributed by atoms with Crippen molar-refractivity contribution in [2.45, 2.75) is 12.5 Å². The maximum Gasteiger partial charge on any atom is 0.320 e. The first-order valence-electron chi connectivity index (χ1n) is 9.63. The average Bonchev–Trinajstić information content (AvgIpc) is 2.79. The molecule has 0 bridgehead atoms. The van der Waals surface area contributed by atoms with Crippen LogP contribution in [0.1, 0.15) is 5.56 Å². The van der Waals surface area contributed by atoms with Crippen molar-refractivity contribution in [3.05, 3.63) is 84.7 Å². The lowest BCUT2D eigenvalue weighted by Gasteiger charge is -2.18. The van der Waals surface area contributed by atoms with Gasteiger partial charge in [-0.15, -0.1) is 0 Å². The van der Waals surface area contributed by atoms with Gasteiger partial charge in [-0.25, -0.2) is 4.98 Å². The summed E-state index contributed by atoms with van der Waals surface area (Å²) in [6.07, 6.45) is 3.78. The third-order valence-electron chi connectivity index (χ3n) is 5.12. The molecule has 0 aliphatic rings. The smallest absolute Gasteiger partial charge is 0.320 e. The van der Waals surface area contributed by atoms with Gasteiger partial charge < -0.3 is 15.7 Å². The van der Waals surface area contributed by atoms with Gasteiger partial charge in [-0.1, -0.05) is 54.6 Å². The average molecular weight is 398 g/mol. The van der Waals surface area contributed by atoms with E-state index in [0.717, 1.165) is 28.3 Å². The highest BCUT2D eigenvalue weighted by Crippen LogP contribution is 2.26. The lowest BCUT2D eigenvalue weighted by atomic mass is 10.0. The zero-order chi connectivity index (χ0) is 21.1. The Hall–Kier alpha value is -3.77. The Balaban J connectivity index is 1.51. The van der Waals surface area contributed by atoms with Gasteiger partial charge in [-0.2, -0.15) is 0 Å². The minimum Gasteiger partial charge on any atom is -0.480 e. The first-order valence-corrected chi connectivity index (χ1v) is 9.63. The lowest BCUT2D eigenvalue weighted by molar-refractivity contribution is -0.138. The maximum atomic E-state index is 10.9. The van der Waals surface area contributed by atoms with E-state index in [0.29, 0.717) is 0 Å². The summed E-state index contributed by atoms with van der Waals surface area (Å²) < 4.78 is 0. The van der Waals surface area contributed by atoms with Crippen LogP contribution in [0.2, 0.25) is 0 Å². The number of nitrogens with two attached hydrogens (primary N) is 1. The molecule has 4 rings (SSSR count). The second kappa shape index (κ2) is 8.31. The summed E-state index contributed by atoms with van der Waals surface area (Å²) in [5.41, 5.74) is 9.16. The standard InChI is InChI=1S/C24H22N4O2/c1-28(20-11-10-17-4-2-3-5-19(17)13-20)23-15-26-22(14-27-23)18-8-6-16(7-9-18)12-21(25)24(29)30/h2-11,13-15,21H,12,25H2,1H3,(H,29,30)/t21-/m0/s1. The van der Waals surface area contributed by atoms with Crippen LogP contribution in [0.3, 0.4) is 0 Å². The summed E-state index contributed by atoms with van der Waals surface area (Å²) in [5, 5.41) is 11.3. The summed E-state index contributed by atoms with van der Waals surface area (Å²) in [6, 6.07) is 21.2. The lowest BCUT2D eigenvalue weighted by Crippen LogP contribution is -2.32. The fraction of sp³-hybridized carbons (Fsp3) is 0.125. The van der Waals surface area contributed by atoms with E-state index >= 15 is 0 Å². The van der Waals surface area contributed by atoms with Crippen molar-refractivity contribution in [1.82, 2.24) is 9.97 Å². The Bertz CT molecular complexity index is 1170. The second-order valence-corrected chi connectivity index (χ2v) is 7.20. The minimum atomic E-state index is -1.00. The van der Waals surface area contributed by atoms with E-state index in [-0.39, 0.29) is 6.42 Å². The molecule has 0 aliphatic carbocycles. The number of fused-ring (bicyclic) bond motifs is 1. The van der Waals surface area contributed by atoms with E-state index in [1.165, 1.54) is 10.8 Å². The first-order chi connectivity index (χ1) is 14.5. The van der Waals surface area contributed by atoms with E-state index in [2.05, 4.69) is 40.3 Å². The Morgan fingerprint density at radius 3 is 2.40 bits per heavy atom. The number of nitrogens with zero attached hydrogens (tertiary/aromatic N) is 3. The monoisotopic (exact) mass is 398 g/mol. The van der Waals surface area contributed by atoms with E-state index in [1.54, 1.807) is 12.4 Å². The number of carboxylic acids is 1. The molecule has 0 fully saturated rings. The number of hydrogen-bond acceptors (Lipinski definition) is 5. The quantitative estimate of drug-likeness (QED) is 0.510. The molecule has 1 heterocycles. The summed E-state index contributed by atoms with van der Waals surface area (Å²) >= 11 is 0. The highest BCUT2D eigenvalue weighted by atomic mass is 16.4.